The molecule has 0 spiro atoms. The van der Waals surface area contributed by atoms with Gasteiger partial charge in [-0.25, -0.2) is 0 Å². The van der Waals surface area contributed by atoms with E-state index in [-0.39, 0.29) is 24.8 Å². The van der Waals surface area contributed by atoms with Gasteiger partial charge < -0.3 is 24.8 Å². The zero-order valence-electron chi connectivity index (χ0n) is 28.6. The Morgan fingerprint density at radius 3 is 1.72 bits per heavy atom. The smallest absolute Gasteiger partial charge is 1.00 e. The molecule has 0 unspecified atom stereocenters. The maximum atomic E-state index is 2.49. The fourth-order valence-corrected chi connectivity index (χ4v) is 16.4. The van der Waals surface area contributed by atoms with Gasteiger partial charge >= 0.3 is 295 Å². The van der Waals surface area contributed by atoms with E-state index in [1.165, 1.54) is 61.2 Å². The van der Waals surface area contributed by atoms with Crippen LogP contribution in [-0.2, 0) is 40.5 Å². The van der Waals surface area contributed by atoms with Crippen molar-refractivity contribution in [2.24, 2.45) is 0 Å². The summed E-state index contributed by atoms with van der Waals surface area (Å²) in [5.41, 5.74) is 16.9. The predicted molar refractivity (Wildman–Crippen MR) is 202 cm³/mol. The summed E-state index contributed by atoms with van der Waals surface area (Å²) in [4.78, 5) is 0. The molecule has 0 heterocycles. The zero-order valence-corrected chi connectivity index (χ0v) is 32.6. The third-order valence-electron chi connectivity index (χ3n) is 10.2. The summed E-state index contributed by atoms with van der Waals surface area (Å²) in [5.74, 6) is 0. The van der Waals surface area contributed by atoms with Crippen LogP contribution >= 0.6 is 0 Å². The predicted octanol–water partition coefficient (Wildman–Crippen LogP) is 4.96. The van der Waals surface area contributed by atoms with Crippen molar-refractivity contribution in [3.63, 3.8) is 0 Å². The molecular weight excluding hydrogens is 727 g/mol. The normalized spacial score (nSPS) is 12.1. The van der Waals surface area contributed by atoms with Crippen LogP contribution in [0.5, 0.6) is 0 Å². The van der Waals surface area contributed by atoms with Crippen LogP contribution in [0.15, 0.2) is 161 Å². The molecule has 246 valence electrons. The van der Waals surface area contributed by atoms with Gasteiger partial charge in [-0.3, -0.25) is 0 Å². The Balaban J connectivity index is 0.00000216. The second kappa shape index (κ2) is 16.0. The molecular formula is C47H40Cl2Zr. The molecule has 0 N–H and O–H groups in total. The van der Waals surface area contributed by atoms with E-state index in [9.17, 15) is 0 Å². The molecule has 3 heteroatoms. The molecule has 8 rings (SSSR count). The van der Waals surface area contributed by atoms with Crippen LogP contribution in [0.25, 0.3) is 33.4 Å². The van der Waals surface area contributed by atoms with Crippen LogP contribution in [0, 0.1) is 13.8 Å². The molecule has 0 saturated carbocycles. The molecule has 6 aromatic rings. The van der Waals surface area contributed by atoms with Crippen LogP contribution < -0.4 is 28.1 Å². The van der Waals surface area contributed by atoms with Gasteiger partial charge in [-0.1, -0.05) is 0 Å². The van der Waals surface area contributed by atoms with Gasteiger partial charge in [0.25, 0.3) is 0 Å². The molecule has 6 aromatic carbocycles. The molecule has 0 atom stereocenters. The summed E-state index contributed by atoms with van der Waals surface area (Å²) in [6.45, 7) is 4.51. The van der Waals surface area contributed by atoms with Gasteiger partial charge in [0, 0.05) is 0 Å². The molecule has 2 aliphatic rings. The summed E-state index contributed by atoms with van der Waals surface area (Å²) in [5, 5.41) is 0. The van der Waals surface area contributed by atoms with Crippen molar-refractivity contribution in [2.45, 2.75) is 39.5 Å². The van der Waals surface area contributed by atoms with Gasteiger partial charge in [0.05, 0.1) is 0 Å². The molecule has 0 radical (unpaired) electrons. The van der Waals surface area contributed by atoms with Gasteiger partial charge in [0.1, 0.15) is 0 Å². The number of allylic oxidation sites excluding steroid dienone is 4. The number of aryl methyl sites for hydroxylation is 2. The second-order valence-corrected chi connectivity index (χ2v) is 19.7. The third kappa shape index (κ3) is 7.15. The largest absolute Gasteiger partial charge is 1.00 e. The van der Waals surface area contributed by atoms with E-state index in [0.717, 1.165) is 25.7 Å². The van der Waals surface area contributed by atoms with Crippen LogP contribution in [0.4, 0.5) is 0 Å². The summed E-state index contributed by atoms with van der Waals surface area (Å²) < 4.78 is 5.14. The first-order valence-electron chi connectivity index (χ1n) is 17.2. The maximum absolute atomic E-state index is 2.73. The first-order valence-corrected chi connectivity index (χ1v) is 20.9. The fourth-order valence-electron chi connectivity index (χ4n) is 7.85. The first kappa shape index (κ1) is 35.9. The van der Waals surface area contributed by atoms with E-state index in [1.807, 2.05) is 0 Å². The first-order chi connectivity index (χ1) is 23.6. The Kier molecular flexibility index (Phi) is 11.5. The van der Waals surface area contributed by atoms with E-state index < -0.39 is 21.3 Å². The van der Waals surface area contributed by atoms with Crippen LogP contribution in [0.1, 0.15) is 39.8 Å². The van der Waals surface area contributed by atoms with Crippen molar-refractivity contribution in [3.8, 4) is 33.4 Å². The summed E-state index contributed by atoms with van der Waals surface area (Å²) >= 11 is -2.73. The van der Waals surface area contributed by atoms with Gasteiger partial charge in [-0.2, -0.15) is 0 Å². The molecule has 0 nitrogen and oxygen atoms in total. The van der Waals surface area contributed by atoms with Gasteiger partial charge in [0.2, 0.25) is 0 Å². The molecule has 0 aromatic heterocycles. The number of fused-ring (bicyclic) bond motifs is 3. The summed E-state index contributed by atoms with van der Waals surface area (Å²) in [7, 11) is 0. The zero-order chi connectivity index (χ0) is 32.5. The molecule has 0 bridgehead atoms. The fraction of sp³-hybridized carbons (Fsp3) is 0.128. The van der Waals surface area contributed by atoms with Crippen molar-refractivity contribution < 1.29 is 46.1 Å². The standard InChI is InChI=1S/C27H21.C15H14.C5H5.2ClH.Zr/c1-18-7-3-5-9-24(18)20-11-13-26-22(15-20)17-23-16-21(12-14-27(23)26)25-10-6-4-8-19(25)2;1-3-8-14(9-4-1)12-7-13-15-10-5-2-6-11-15;1-2-4-5-3-1;;;/h3-15H,17H2,1-2H3;1-6,8-11H,12-13H2;1-3H,4H2;2*1H;/q;;;;;+2/p-2. The molecule has 50 heavy (non-hydrogen) atoms. The number of hydrogen-bond donors (Lipinski definition) is 0. The minimum absolute atomic E-state index is 0. The number of halogens is 2. The number of rotatable bonds is 8. The SMILES string of the molecule is Cc1ccccc1-c1ccc2c(c1)Cc1c-2ccc(-c2ccccc2C)[c]1[Zr+2]([C]1=CC=CC1)=[C](Cc1ccccc1)Cc1ccccc1.[Cl-].[Cl-]. The van der Waals surface area contributed by atoms with E-state index in [0.29, 0.717) is 0 Å². The van der Waals surface area contributed by atoms with Gasteiger partial charge in [-0.15, -0.1) is 0 Å². The minimum atomic E-state index is -2.73. The third-order valence-corrected chi connectivity index (χ3v) is 17.9. The Bertz CT molecular complexity index is 2200. The quantitative estimate of drug-likeness (QED) is 0.206. The Labute approximate surface area is 317 Å². The molecule has 0 fully saturated rings. The van der Waals surface area contributed by atoms with Crippen molar-refractivity contribution in [1.82, 2.24) is 0 Å². The van der Waals surface area contributed by atoms with Crippen LogP contribution in [0.3, 0.4) is 0 Å². The van der Waals surface area contributed by atoms with Crippen molar-refractivity contribution in [2.75, 3.05) is 0 Å². The van der Waals surface area contributed by atoms with Crippen LogP contribution in [-0.4, -0.2) is 3.21 Å². The average molecular weight is 767 g/mol. The average Bonchev–Trinajstić information content (AvgIpc) is 3.78. The number of hydrogen-bond acceptors (Lipinski definition) is 0. The Morgan fingerprint density at radius 1 is 0.560 bits per heavy atom. The molecule has 0 amide bonds. The molecule has 0 aliphatic heterocycles. The van der Waals surface area contributed by atoms with E-state index in [1.54, 1.807) is 15.3 Å². The van der Waals surface area contributed by atoms with Crippen molar-refractivity contribution in [3.05, 3.63) is 194 Å². The van der Waals surface area contributed by atoms with Crippen molar-refractivity contribution in [1.29, 1.82) is 0 Å². The Morgan fingerprint density at radius 2 is 1.12 bits per heavy atom. The van der Waals surface area contributed by atoms with E-state index >= 15 is 0 Å². The molecule has 2 aliphatic carbocycles. The summed E-state index contributed by atoms with van der Waals surface area (Å²) in [6.07, 6.45) is 11.3. The number of benzene rings is 6. The van der Waals surface area contributed by atoms with E-state index in [2.05, 4.69) is 172 Å². The minimum Gasteiger partial charge on any atom is -1.00 e. The summed E-state index contributed by atoms with van der Waals surface area (Å²) in [6, 6.07) is 52.4. The maximum Gasteiger partial charge on any atom is -1.00 e. The Hall–Kier alpha value is -3.87. The second-order valence-electron chi connectivity index (χ2n) is 13.3. The van der Waals surface area contributed by atoms with Crippen molar-refractivity contribution >= 4 is 6.48 Å². The van der Waals surface area contributed by atoms with E-state index in [4.69, 9.17) is 0 Å². The van der Waals surface area contributed by atoms with Crippen LogP contribution in [0.2, 0.25) is 0 Å². The van der Waals surface area contributed by atoms with Gasteiger partial charge in [-0.05, 0) is 0 Å². The monoisotopic (exact) mass is 764 g/mol. The topological polar surface area (TPSA) is 0 Å². The van der Waals surface area contributed by atoms with Gasteiger partial charge in [0.15, 0.2) is 0 Å². The molecule has 0 saturated heterocycles.